The second-order valence-electron chi connectivity index (χ2n) is 6.47. The molecule has 2 aromatic rings. The fourth-order valence-electron chi connectivity index (χ4n) is 3.02. The summed E-state index contributed by atoms with van der Waals surface area (Å²) in [5.41, 5.74) is 0.965. The van der Waals surface area contributed by atoms with Gasteiger partial charge in [-0.15, -0.1) is 0 Å². The molecule has 1 N–H and O–H groups in total. The van der Waals surface area contributed by atoms with Crippen molar-refractivity contribution in [2.24, 2.45) is 0 Å². The Kier molecular flexibility index (Phi) is 7.26. The molecular formula is C22H22N2O7S. The van der Waals surface area contributed by atoms with E-state index in [0.29, 0.717) is 34.2 Å². The molecule has 32 heavy (non-hydrogen) atoms. The van der Waals surface area contributed by atoms with Crippen LogP contribution in [0.15, 0.2) is 41.3 Å². The van der Waals surface area contributed by atoms with E-state index in [1.54, 1.807) is 36.4 Å². The van der Waals surface area contributed by atoms with Gasteiger partial charge in [0.25, 0.3) is 11.1 Å². The number of imide groups is 1. The van der Waals surface area contributed by atoms with E-state index in [-0.39, 0.29) is 4.91 Å². The maximum Gasteiger partial charge on any atom is 0.294 e. The Balaban J connectivity index is 1.80. The fraction of sp³-hybridized carbons (Fsp3) is 0.227. The molecule has 0 unspecified atom stereocenters. The van der Waals surface area contributed by atoms with E-state index in [4.69, 9.17) is 18.9 Å². The summed E-state index contributed by atoms with van der Waals surface area (Å²) in [5, 5.41) is 2.11. The number of nitrogens with zero attached hydrogens (tertiary/aromatic N) is 1. The van der Waals surface area contributed by atoms with Crippen molar-refractivity contribution in [1.82, 2.24) is 4.90 Å². The van der Waals surface area contributed by atoms with Crippen LogP contribution in [-0.4, -0.2) is 56.9 Å². The zero-order chi connectivity index (χ0) is 23.3. The first-order valence-corrected chi connectivity index (χ1v) is 10.2. The third-order valence-electron chi connectivity index (χ3n) is 4.58. The number of para-hydroxylation sites is 2. The topological polar surface area (TPSA) is 103 Å². The molecule has 0 bridgehead atoms. The Morgan fingerprint density at radius 3 is 2.22 bits per heavy atom. The van der Waals surface area contributed by atoms with Gasteiger partial charge in [0.15, 0.2) is 11.5 Å². The van der Waals surface area contributed by atoms with E-state index < -0.39 is 23.6 Å². The fourth-order valence-corrected chi connectivity index (χ4v) is 3.85. The molecule has 1 heterocycles. The Bertz CT molecular complexity index is 1080. The van der Waals surface area contributed by atoms with Crippen molar-refractivity contribution in [1.29, 1.82) is 0 Å². The number of carbonyl (C=O) groups excluding carboxylic acids is 3. The van der Waals surface area contributed by atoms with Crippen LogP contribution in [0.5, 0.6) is 23.0 Å². The molecule has 1 aliphatic rings. The van der Waals surface area contributed by atoms with Crippen LogP contribution in [0.25, 0.3) is 6.08 Å². The van der Waals surface area contributed by atoms with Gasteiger partial charge in [-0.05, 0) is 36.0 Å². The lowest BCUT2D eigenvalue weighted by Gasteiger charge is -2.14. The quantitative estimate of drug-likeness (QED) is 0.601. The minimum absolute atomic E-state index is 0.158. The number of carbonyl (C=O) groups is 3. The van der Waals surface area contributed by atoms with Gasteiger partial charge in [-0.3, -0.25) is 19.3 Å². The summed E-state index contributed by atoms with van der Waals surface area (Å²) in [6.45, 7) is -0.427. The normalized spacial score (nSPS) is 14.5. The number of nitrogens with one attached hydrogen (secondary N) is 1. The molecule has 0 aliphatic carbocycles. The summed E-state index contributed by atoms with van der Waals surface area (Å²) in [6, 6.07) is 10.1. The molecule has 0 atom stereocenters. The lowest BCUT2D eigenvalue weighted by atomic mass is 10.1. The van der Waals surface area contributed by atoms with Gasteiger partial charge in [-0.2, -0.15) is 0 Å². The lowest BCUT2D eigenvalue weighted by molar-refractivity contribution is -0.127. The van der Waals surface area contributed by atoms with Crippen LogP contribution in [0.3, 0.4) is 0 Å². The van der Waals surface area contributed by atoms with Crippen LogP contribution in [0.2, 0.25) is 0 Å². The smallest absolute Gasteiger partial charge is 0.294 e. The number of ether oxygens (including phenoxy) is 4. The minimum Gasteiger partial charge on any atom is -0.496 e. The van der Waals surface area contributed by atoms with Crippen LogP contribution < -0.4 is 24.3 Å². The summed E-state index contributed by atoms with van der Waals surface area (Å²) in [6.07, 6.45) is 1.52. The monoisotopic (exact) mass is 458 g/mol. The third kappa shape index (κ3) is 4.80. The molecule has 2 aromatic carbocycles. The number of hydrogen-bond donors (Lipinski definition) is 1. The zero-order valence-corrected chi connectivity index (χ0v) is 18.8. The van der Waals surface area contributed by atoms with Crippen molar-refractivity contribution >= 4 is 40.6 Å². The van der Waals surface area contributed by atoms with Crippen molar-refractivity contribution in [3.63, 3.8) is 0 Å². The first-order chi connectivity index (χ1) is 15.4. The van der Waals surface area contributed by atoms with Gasteiger partial charge >= 0.3 is 0 Å². The van der Waals surface area contributed by atoms with Crippen molar-refractivity contribution in [2.75, 3.05) is 40.3 Å². The molecule has 0 aromatic heterocycles. The summed E-state index contributed by atoms with van der Waals surface area (Å²) >= 11 is 0.741. The number of benzene rings is 2. The van der Waals surface area contributed by atoms with E-state index >= 15 is 0 Å². The Hall–Kier alpha value is -3.66. The molecule has 10 heteroatoms. The highest BCUT2D eigenvalue weighted by atomic mass is 32.2. The highest BCUT2D eigenvalue weighted by Gasteiger charge is 2.36. The number of rotatable bonds is 8. The van der Waals surface area contributed by atoms with Crippen LogP contribution in [0.4, 0.5) is 10.5 Å². The summed E-state index contributed by atoms with van der Waals surface area (Å²) in [4.78, 5) is 38.7. The van der Waals surface area contributed by atoms with E-state index in [0.717, 1.165) is 16.7 Å². The highest BCUT2D eigenvalue weighted by molar-refractivity contribution is 8.18. The lowest BCUT2D eigenvalue weighted by Crippen LogP contribution is -2.36. The standard InChI is InChI=1S/C22H22N2O7S/c1-28-15-8-6-5-7-14(15)23-20(25)12-24-21(26)19(32-22(24)27)10-13-9-17(30-3)18(31-4)11-16(13)29-2/h5-11H,12H2,1-4H3,(H,23,25)/b19-10+. The largest absolute Gasteiger partial charge is 0.496 e. The molecule has 0 spiro atoms. The van der Waals surface area contributed by atoms with Gasteiger partial charge in [0.2, 0.25) is 5.91 Å². The maximum atomic E-state index is 12.8. The van der Waals surface area contributed by atoms with Crippen LogP contribution >= 0.6 is 11.8 Å². The molecule has 0 radical (unpaired) electrons. The Morgan fingerprint density at radius 2 is 1.56 bits per heavy atom. The van der Waals surface area contributed by atoms with Crippen molar-refractivity contribution in [3.05, 3.63) is 46.9 Å². The summed E-state index contributed by atoms with van der Waals surface area (Å²) in [7, 11) is 5.95. The van der Waals surface area contributed by atoms with E-state index in [1.165, 1.54) is 34.5 Å². The molecule has 168 valence electrons. The Morgan fingerprint density at radius 1 is 0.938 bits per heavy atom. The van der Waals surface area contributed by atoms with E-state index in [1.807, 2.05) is 0 Å². The van der Waals surface area contributed by atoms with Gasteiger partial charge in [0.05, 0.1) is 39.0 Å². The summed E-state index contributed by atoms with van der Waals surface area (Å²) < 4.78 is 21.1. The first kappa shape index (κ1) is 23.0. The minimum atomic E-state index is -0.577. The zero-order valence-electron chi connectivity index (χ0n) is 18.0. The number of anilines is 1. The van der Waals surface area contributed by atoms with Gasteiger partial charge in [-0.25, -0.2) is 0 Å². The maximum absolute atomic E-state index is 12.8. The van der Waals surface area contributed by atoms with Crippen molar-refractivity contribution < 1.29 is 33.3 Å². The van der Waals surface area contributed by atoms with Gasteiger partial charge in [0, 0.05) is 11.6 Å². The highest BCUT2D eigenvalue weighted by Crippen LogP contribution is 2.38. The Labute approximate surface area is 189 Å². The molecule has 3 amide bonds. The van der Waals surface area contributed by atoms with Gasteiger partial charge in [-0.1, -0.05) is 12.1 Å². The predicted octanol–water partition coefficient (Wildman–Crippen LogP) is 3.40. The number of hydrogen-bond acceptors (Lipinski definition) is 8. The molecule has 1 saturated heterocycles. The van der Waals surface area contributed by atoms with Crippen LogP contribution in [0.1, 0.15) is 5.56 Å². The second kappa shape index (κ2) is 10.1. The SMILES string of the molecule is COc1cc(OC)c(OC)cc1/C=C1/SC(=O)N(CC(=O)Nc2ccccc2OC)C1=O. The van der Waals surface area contributed by atoms with E-state index in [2.05, 4.69) is 5.32 Å². The average molecular weight is 458 g/mol. The number of amides is 3. The number of thioether (sulfide) groups is 1. The predicted molar refractivity (Wildman–Crippen MR) is 120 cm³/mol. The molecule has 3 rings (SSSR count). The van der Waals surface area contributed by atoms with Crippen molar-refractivity contribution in [2.45, 2.75) is 0 Å². The first-order valence-electron chi connectivity index (χ1n) is 9.40. The number of methoxy groups -OCH3 is 4. The molecular weight excluding hydrogens is 436 g/mol. The molecule has 1 fully saturated rings. The van der Waals surface area contributed by atoms with Crippen molar-refractivity contribution in [3.8, 4) is 23.0 Å². The van der Waals surface area contributed by atoms with Gasteiger partial charge in [0.1, 0.15) is 18.0 Å². The second-order valence-corrected chi connectivity index (χ2v) is 7.46. The summed E-state index contributed by atoms with van der Waals surface area (Å²) in [5.74, 6) is 0.699. The molecule has 1 aliphatic heterocycles. The van der Waals surface area contributed by atoms with Gasteiger partial charge < -0.3 is 24.3 Å². The van der Waals surface area contributed by atoms with E-state index in [9.17, 15) is 14.4 Å². The van der Waals surface area contributed by atoms with Crippen LogP contribution in [-0.2, 0) is 9.59 Å². The third-order valence-corrected chi connectivity index (χ3v) is 5.49. The van der Waals surface area contributed by atoms with Crippen LogP contribution in [0, 0.1) is 0 Å². The molecule has 9 nitrogen and oxygen atoms in total. The average Bonchev–Trinajstić information content (AvgIpc) is 3.06. The molecule has 0 saturated carbocycles.